The topological polar surface area (TPSA) is 44.8 Å². The maximum Gasteiger partial charge on any atom is 0.326 e. The summed E-state index contributed by atoms with van der Waals surface area (Å²) in [4.78, 5) is 17.5. The fourth-order valence-corrected chi connectivity index (χ4v) is 5.89. The number of likely N-dealkylation sites (tertiary alicyclic amines) is 1. The molecule has 0 saturated carbocycles. The van der Waals surface area contributed by atoms with Gasteiger partial charge in [-0.25, -0.2) is 13.6 Å². The summed E-state index contributed by atoms with van der Waals surface area (Å²) in [5, 5.41) is 5.12. The van der Waals surface area contributed by atoms with Gasteiger partial charge in [-0.2, -0.15) is 0 Å². The molecule has 1 spiro atoms. The van der Waals surface area contributed by atoms with Crippen LogP contribution in [0, 0.1) is 11.6 Å². The zero-order valence-electron chi connectivity index (χ0n) is 21.2. The summed E-state index contributed by atoms with van der Waals surface area (Å²) in [5.74, 6) is -0.744. The summed E-state index contributed by atoms with van der Waals surface area (Å²) in [7, 11) is 1.64. The van der Waals surface area contributed by atoms with E-state index in [1.54, 1.807) is 12.0 Å². The Morgan fingerprint density at radius 1 is 0.947 bits per heavy atom. The van der Waals surface area contributed by atoms with Gasteiger partial charge in [0.25, 0.3) is 0 Å². The van der Waals surface area contributed by atoms with Crippen molar-refractivity contribution in [3.05, 3.63) is 102 Å². The first-order valence-electron chi connectivity index (χ1n) is 12.9. The molecule has 0 atom stereocenters. The molecule has 6 rings (SSSR count). The molecule has 2 amide bonds. The second-order valence-electron chi connectivity index (χ2n) is 10.3. The average Bonchev–Trinajstić information content (AvgIpc) is 3.24. The zero-order valence-corrected chi connectivity index (χ0v) is 21.2. The molecule has 4 aromatic rings. The fourth-order valence-electron chi connectivity index (χ4n) is 5.89. The molecule has 7 heteroatoms. The van der Waals surface area contributed by atoms with Crippen molar-refractivity contribution >= 4 is 28.2 Å². The molecule has 0 bridgehead atoms. The van der Waals surface area contributed by atoms with Crippen molar-refractivity contribution in [1.82, 2.24) is 4.90 Å². The summed E-state index contributed by atoms with van der Waals surface area (Å²) >= 11 is 0. The van der Waals surface area contributed by atoms with Gasteiger partial charge in [-0.3, -0.25) is 9.80 Å². The van der Waals surface area contributed by atoms with E-state index in [-0.39, 0.29) is 11.1 Å². The van der Waals surface area contributed by atoms with Gasteiger partial charge in [0.15, 0.2) is 0 Å². The number of ether oxygens (including phenoxy) is 1. The van der Waals surface area contributed by atoms with E-state index < -0.39 is 17.7 Å². The van der Waals surface area contributed by atoms with Crippen LogP contribution in [0.4, 0.5) is 25.0 Å². The molecule has 0 aliphatic carbocycles. The number of carbonyl (C=O) groups is 1. The number of hydrogen-bond acceptors (Lipinski definition) is 3. The van der Waals surface area contributed by atoms with Gasteiger partial charge in [-0.15, -0.1) is 0 Å². The van der Waals surface area contributed by atoms with Gasteiger partial charge in [0.1, 0.15) is 17.4 Å². The average molecular weight is 514 g/mol. The number of urea groups is 1. The minimum Gasteiger partial charge on any atom is -0.497 e. The van der Waals surface area contributed by atoms with E-state index in [1.165, 1.54) is 22.4 Å². The van der Waals surface area contributed by atoms with E-state index >= 15 is 0 Å². The van der Waals surface area contributed by atoms with Crippen molar-refractivity contribution in [1.29, 1.82) is 0 Å². The molecule has 0 aromatic heterocycles. The molecule has 2 heterocycles. The van der Waals surface area contributed by atoms with Crippen LogP contribution in [0.3, 0.4) is 0 Å². The van der Waals surface area contributed by atoms with Crippen molar-refractivity contribution in [2.24, 2.45) is 0 Å². The summed E-state index contributed by atoms with van der Waals surface area (Å²) in [5.41, 5.74) is 2.90. The molecule has 194 valence electrons. The van der Waals surface area contributed by atoms with E-state index in [0.29, 0.717) is 6.54 Å². The molecule has 0 radical (unpaired) electrons. The van der Waals surface area contributed by atoms with Crippen LogP contribution in [0.15, 0.2) is 78.9 Å². The smallest absolute Gasteiger partial charge is 0.326 e. The van der Waals surface area contributed by atoms with E-state index in [4.69, 9.17) is 4.74 Å². The number of carbonyl (C=O) groups excluding carboxylic acids is 1. The lowest BCUT2D eigenvalue weighted by molar-refractivity contribution is 0.160. The number of fused-ring (bicyclic) bond motifs is 3. The molecule has 38 heavy (non-hydrogen) atoms. The molecular weight excluding hydrogens is 484 g/mol. The van der Waals surface area contributed by atoms with Crippen LogP contribution in [0.5, 0.6) is 5.75 Å². The van der Waals surface area contributed by atoms with Gasteiger partial charge < -0.3 is 10.1 Å². The van der Waals surface area contributed by atoms with Crippen LogP contribution < -0.4 is 15.0 Å². The Balaban J connectivity index is 1.21. The van der Waals surface area contributed by atoms with Gasteiger partial charge in [0, 0.05) is 30.3 Å². The van der Waals surface area contributed by atoms with Gasteiger partial charge in [0.05, 0.1) is 12.8 Å². The maximum absolute atomic E-state index is 14.3. The lowest BCUT2D eigenvalue weighted by Crippen LogP contribution is -2.46. The van der Waals surface area contributed by atoms with E-state index in [9.17, 15) is 13.6 Å². The van der Waals surface area contributed by atoms with Crippen LogP contribution in [0.2, 0.25) is 0 Å². The fraction of sp³-hybridized carbons (Fsp3) is 0.258. The quantitative estimate of drug-likeness (QED) is 0.330. The van der Waals surface area contributed by atoms with E-state index in [2.05, 4.69) is 52.7 Å². The van der Waals surface area contributed by atoms with Gasteiger partial charge in [0.2, 0.25) is 0 Å². The maximum atomic E-state index is 14.3. The van der Waals surface area contributed by atoms with Crippen molar-refractivity contribution in [3.8, 4) is 5.75 Å². The van der Waals surface area contributed by atoms with Crippen LogP contribution in [-0.4, -0.2) is 37.7 Å². The summed E-state index contributed by atoms with van der Waals surface area (Å²) in [6.45, 7) is 3.16. The second kappa shape index (κ2) is 9.72. The number of halogens is 2. The highest BCUT2D eigenvalue weighted by molar-refractivity contribution is 6.04. The summed E-state index contributed by atoms with van der Waals surface area (Å²) < 4.78 is 33.1. The molecule has 1 fully saturated rings. The van der Waals surface area contributed by atoms with Crippen molar-refractivity contribution < 1.29 is 18.3 Å². The highest BCUT2D eigenvalue weighted by Crippen LogP contribution is 2.48. The van der Waals surface area contributed by atoms with E-state index in [0.717, 1.165) is 61.6 Å². The molecule has 0 unspecified atom stereocenters. The van der Waals surface area contributed by atoms with Crippen molar-refractivity contribution in [2.75, 3.05) is 37.0 Å². The molecule has 2 aliphatic heterocycles. The number of methoxy groups -OCH3 is 1. The third-order valence-corrected chi connectivity index (χ3v) is 7.98. The van der Waals surface area contributed by atoms with Crippen molar-refractivity contribution in [2.45, 2.75) is 24.8 Å². The highest BCUT2D eigenvalue weighted by Gasteiger charge is 2.46. The Morgan fingerprint density at radius 3 is 2.50 bits per heavy atom. The highest BCUT2D eigenvalue weighted by atomic mass is 19.1. The molecular formula is C31H29F2N3O2. The predicted octanol–water partition coefficient (Wildman–Crippen LogP) is 6.71. The normalized spacial score (nSPS) is 16.6. The number of nitrogens with zero attached hydrogens (tertiary/aromatic N) is 2. The van der Waals surface area contributed by atoms with Crippen molar-refractivity contribution in [3.63, 3.8) is 0 Å². The zero-order chi connectivity index (χ0) is 26.3. The number of amides is 2. The predicted molar refractivity (Wildman–Crippen MR) is 146 cm³/mol. The largest absolute Gasteiger partial charge is 0.497 e. The minimum absolute atomic E-state index is 0.0439. The summed E-state index contributed by atoms with van der Waals surface area (Å²) in [6, 6.07) is 23.5. The number of piperidine rings is 1. The molecule has 1 N–H and O–H groups in total. The summed E-state index contributed by atoms with van der Waals surface area (Å²) in [6.07, 6.45) is 1.77. The van der Waals surface area contributed by atoms with Crippen LogP contribution in [0.1, 0.15) is 24.0 Å². The second-order valence-corrected chi connectivity index (χ2v) is 10.3. The van der Waals surface area contributed by atoms with Gasteiger partial charge >= 0.3 is 6.03 Å². The number of benzene rings is 4. The van der Waals surface area contributed by atoms with Gasteiger partial charge in [-0.1, -0.05) is 36.4 Å². The monoisotopic (exact) mass is 513 g/mol. The number of hydrogen-bond donors (Lipinski definition) is 1. The molecule has 4 aromatic carbocycles. The minimum atomic E-state index is -0.802. The SMILES string of the molecule is COc1ccc2c(c1)C1(CCN(Cc3ccc4ccccc4c3)CC1)CN2C(=O)Nc1ccc(F)cc1F. The lowest BCUT2D eigenvalue weighted by atomic mass is 9.74. The van der Waals surface area contributed by atoms with Crippen LogP contribution in [0.25, 0.3) is 10.8 Å². The van der Waals surface area contributed by atoms with Crippen LogP contribution in [-0.2, 0) is 12.0 Å². The third-order valence-electron chi connectivity index (χ3n) is 7.98. The lowest BCUT2D eigenvalue weighted by Gasteiger charge is -2.40. The van der Waals surface area contributed by atoms with Gasteiger partial charge in [-0.05, 0) is 84.2 Å². The molecule has 1 saturated heterocycles. The number of anilines is 2. The Bertz CT molecular complexity index is 1510. The first-order valence-corrected chi connectivity index (χ1v) is 12.9. The Morgan fingerprint density at radius 2 is 1.74 bits per heavy atom. The first kappa shape index (κ1) is 24.4. The Kier molecular flexibility index (Phi) is 6.24. The first-order chi connectivity index (χ1) is 18.4. The Labute approximate surface area is 220 Å². The van der Waals surface area contributed by atoms with E-state index in [1.807, 2.05) is 18.2 Å². The number of nitrogens with one attached hydrogen (secondary N) is 1. The number of rotatable bonds is 4. The molecule has 2 aliphatic rings. The standard InChI is InChI=1S/C31H29F2N3O2/c1-38-25-9-11-29-26(18-25)31(20-36(29)30(37)34-28-10-8-24(32)17-27(28)33)12-14-35(15-13-31)19-21-6-7-22-4-2-3-5-23(22)16-21/h2-11,16-18H,12-15,19-20H2,1H3,(H,34,37). The third kappa shape index (κ3) is 4.47. The molecule has 5 nitrogen and oxygen atoms in total. The Hall–Kier alpha value is -3.97. The van der Waals surface area contributed by atoms with Crippen LogP contribution >= 0.6 is 0 Å².